The number of thiazole rings is 1. The largest absolute Gasteiger partial charge is 0.343 e. The molecule has 6 nitrogen and oxygen atoms in total. The lowest BCUT2D eigenvalue weighted by Crippen LogP contribution is -2.32. The maximum atomic E-state index is 12.0. The molecule has 26 heavy (non-hydrogen) atoms. The zero-order chi connectivity index (χ0) is 18.5. The lowest BCUT2D eigenvalue weighted by Gasteiger charge is -2.06. The standard InChI is InChI=1S/C17H12Cl2N4O2S/c18-12-2-1-11(7-13(12)19)16(25)21-8-15(24)23-17-22-14(9-26-17)10-3-5-20-6-4-10/h1-7,9H,8H2,(H,21,25)(H,22,23,24). The number of hydrogen-bond acceptors (Lipinski definition) is 5. The second-order valence-corrected chi connectivity index (χ2v) is 6.81. The molecule has 0 aliphatic rings. The second-order valence-electron chi connectivity index (χ2n) is 5.13. The number of halogens is 2. The van der Waals surface area contributed by atoms with Crippen molar-refractivity contribution in [2.45, 2.75) is 0 Å². The molecule has 0 bridgehead atoms. The van der Waals surface area contributed by atoms with Crippen molar-refractivity contribution in [3.8, 4) is 11.3 Å². The van der Waals surface area contributed by atoms with Crippen molar-refractivity contribution in [3.63, 3.8) is 0 Å². The molecule has 0 unspecified atom stereocenters. The van der Waals surface area contributed by atoms with Gasteiger partial charge in [-0.3, -0.25) is 14.6 Å². The fraction of sp³-hybridized carbons (Fsp3) is 0.0588. The number of amides is 2. The highest BCUT2D eigenvalue weighted by atomic mass is 35.5. The topological polar surface area (TPSA) is 84.0 Å². The highest BCUT2D eigenvalue weighted by Crippen LogP contribution is 2.24. The molecule has 132 valence electrons. The Morgan fingerprint density at radius 1 is 1.08 bits per heavy atom. The van der Waals surface area contributed by atoms with Crippen LogP contribution in [-0.2, 0) is 4.79 Å². The van der Waals surface area contributed by atoms with E-state index in [1.165, 1.54) is 29.5 Å². The van der Waals surface area contributed by atoms with Crippen molar-refractivity contribution < 1.29 is 9.59 Å². The number of nitrogens with zero attached hydrogens (tertiary/aromatic N) is 2. The van der Waals surface area contributed by atoms with Gasteiger partial charge in [-0.15, -0.1) is 11.3 Å². The average Bonchev–Trinajstić information content (AvgIpc) is 3.11. The van der Waals surface area contributed by atoms with Crippen molar-refractivity contribution in [1.82, 2.24) is 15.3 Å². The van der Waals surface area contributed by atoms with Gasteiger partial charge in [-0.2, -0.15) is 0 Å². The Kier molecular flexibility index (Phi) is 5.82. The summed E-state index contributed by atoms with van der Waals surface area (Å²) in [6.45, 7) is -0.191. The number of pyridine rings is 1. The number of nitrogens with one attached hydrogen (secondary N) is 2. The molecule has 0 aliphatic carbocycles. The highest BCUT2D eigenvalue weighted by Gasteiger charge is 2.12. The quantitative estimate of drug-likeness (QED) is 0.673. The van der Waals surface area contributed by atoms with E-state index >= 15 is 0 Å². The molecule has 2 N–H and O–H groups in total. The normalized spacial score (nSPS) is 10.4. The van der Waals surface area contributed by atoms with Crippen LogP contribution in [0.2, 0.25) is 10.0 Å². The minimum absolute atomic E-state index is 0.191. The Balaban J connectivity index is 1.55. The van der Waals surface area contributed by atoms with Crippen LogP contribution in [0.4, 0.5) is 5.13 Å². The Hall–Kier alpha value is -2.48. The van der Waals surface area contributed by atoms with Gasteiger partial charge in [0, 0.05) is 28.9 Å². The first kappa shape index (κ1) is 18.3. The molecule has 0 fully saturated rings. The minimum atomic E-state index is -0.421. The molecule has 1 aromatic carbocycles. The number of rotatable bonds is 5. The van der Waals surface area contributed by atoms with Crippen molar-refractivity contribution in [2.75, 3.05) is 11.9 Å². The van der Waals surface area contributed by atoms with E-state index in [4.69, 9.17) is 23.2 Å². The Morgan fingerprint density at radius 2 is 1.85 bits per heavy atom. The van der Waals surface area contributed by atoms with Crippen molar-refractivity contribution in [2.24, 2.45) is 0 Å². The molecule has 3 rings (SSSR count). The first-order valence-corrected chi connectivity index (χ1v) is 9.05. The van der Waals surface area contributed by atoms with Crippen LogP contribution in [0.5, 0.6) is 0 Å². The lowest BCUT2D eigenvalue weighted by molar-refractivity contribution is -0.115. The molecule has 3 aromatic rings. The molecule has 0 saturated carbocycles. The summed E-state index contributed by atoms with van der Waals surface area (Å²) in [6, 6.07) is 8.16. The van der Waals surface area contributed by atoms with Crippen molar-refractivity contribution in [1.29, 1.82) is 0 Å². The first-order valence-electron chi connectivity index (χ1n) is 7.42. The van der Waals surface area contributed by atoms with Gasteiger partial charge in [-0.1, -0.05) is 23.2 Å². The van der Waals surface area contributed by atoms with E-state index in [2.05, 4.69) is 20.6 Å². The van der Waals surface area contributed by atoms with E-state index in [0.29, 0.717) is 15.7 Å². The fourth-order valence-corrected chi connectivity index (χ4v) is 3.08. The summed E-state index contributed by atoms with van der Waals surface area (Å²) in [5.74, 6) is -0.802. The summed E-state index contributed by atoms with van der Waals surface area (Å²) in [4.78, 5) is 32.3. The van der Waals surface area contributed by atoms with Crippen molar-refractivity contribution in [3.05, 3.63) is 63.7 Å². The first-order chi connectivity index (χ1) is 12.5. The second kappa shape index (κ2) is 8.27. The lowest BCUT2D eigenvalue weighted by atomic mass is 10.2. The van der Waals surface area contributed by atoms with Gasteiger partial charge in [0.1, 0.15) is 0 Å². The van der Waals surface area contributed by atoms with Gasteiger partial charge in [0.15, 0.2) is 5.13 Å². The van der Waals surface area contributed by atoms with Crippen LogP contribution in [-0.4, -0.2) is 28.3 Å². The van der Waals surface area contributed by atoms with Crippen LogP contribution in [0.25, 0.3) is 11.3 Å². The molecule has 0 radical (unpaired) electrons. The Bertz CT molecular complexity index is 947. The van der Waals surface area contributed by atoms with Crippen LogP contribution in [0, 0.1) is 0 Å². The van der Waals surface area contributed by atoms with E-state index in [0.717, 1.165) is 11.3 Å². The van der Waals surface area contributed by atoms with Crippen LogP contribution in [0.1, 0.15) is 10.4 Å². The zero-order valence-corrected chi connectivity index (χ0v) is 15.5. The van der Waals surface area contributed by atoms with Gasteiger partial charge < -0.3 is 10.6 Å². The van der Waals surface area contributed by atoms with E-state index in [9.17, 15) is 9.59 Å². The smallest absolute Gasteiger partial charge is 0.251 e. The number of hydrogen-bond donors (Lipinski definition) is 2. The van der Waals surface area contributed by atoms with Crippen LogP contribution in [0.15, 0.2) is 48.1 Å². The maximum Gasteiger partial charge on any atom is 0.251 e. The number of aromatic nitrogens is 2. The van der Waals surface area contributed by atoms with E-state index in [-0.39, 0.29) is 17.5 Å². The van der Waals surface area contributed by atoms with Crippen LogP contribution < -0.4 is 10.6 Å². The zero-order valence-electron chi connectivity index (χ0n) is 13.2. The molecular formula is C17H12Cl2N4O2S. The molecule has 0 saturated heterocycles. The summed E-state index contributed by atoms with van der Waals surface area (Å²) < 4.78 is 0. The number of carbonyl (C=O) groups is 2. The van der Waals surface area contributed by atoms with E-state index < -0.39 is 5.91 Å². The molecule has 2 aromatic heterocycles. The number of anilines is 1. The average molecular weight is 407 g/mol. The van der Waals surface area contributed by atoms with E-state index in [1.54, 1.807) is 12.4 Å². The molecule has 2 heterocycles. The number of carbonyl (C=O) groups excluding carboxylic acids is 2. The molecule has 0 aliphatic heterocycles. The predicted octanol–water partition coefficient (Wildman–Crippen LogP) is 3.88. The van der Waals surface area contributed by atoms with E-state index in [1.807, 2.05) is 17.5 Å². The van der Waals surface area contributed by atoms with Gasteiger partial charge in [-0.05, 0) is 30.3 Å². The van der Waals surface area contributed by atoms with Gasteiger partial charge in [0.25, 0.3) is 5.91 Å². The molecule has 2 amide bonds. The minimum Gasteiger partial charge on any atom is -0.343 e. The molecule has 0 atom stereocenters. The Morgan fingerprint density at radius 3 is 2.58 bits per heavy atom. The highest BCUT2D eigenvalue weighted by molar-refractivity contribution is 7.14. The van der Waals surface area contributed by atoms with Gasteiger partial charge in [-0.25, -0.2) is 4.98 Å². The maximum absolute atomic E-state index is 12.0. The Labute approximate surface area is 163 Å². The number of benzene rings is 1. The van der Waals surface area contributed by atoms with Crippen LogP contribution >= 0.6 is 34.5 Å². The van der Waals surface area contributed by atoms with Gasteiger partial charge in [0.2, 0.25) is 5.91 Å². The SMILES string of the molecule is O=C(CNC(=O)c1ccc(Cl)c(Cl)c1)Nc1nc(-c2ccncc2)cs1. The van der Waals surface area contributed by atoms with Crippen LogP contribution in [0.3, 0.4) is 0 Å². The third-order valence-corrected chi connectivity index (χ3v) is 4.81. The predicted molar refractivity (Wildman–Crippen MR) is 103 cm³/mol. The summed E-state index contributed by atoms with van der Waals surface area (Å²) in [7, 11) is 0. The summed E-state index contributed by atoms with van der Waals surface area (Å²) in [5, 5.41) is 8.08. The molecule has 9 heteroatoms. The summed E-state index contributed by atoms with van der Waals surface area (Å²) in [6.07, 6.45) is 3.34. The van der Waals surface area contributed by atoms with Crippen molar-refractivity contribution >= 4 is 51.5 Å². The monoisotopic (exact) mass is 406 g/mol. The van der Waals surface area contributed by atoms with Gasteiger partial charge in [0.05, 0.1) is 22.3 Å². The summed E-state index contributed by atoms with van der Waals surface area (Å²) >= 11 is 13.0. The third kappa shape index (κ3) is 4.57. The third-order valence-electron chi connectivity index (χ3n) is 3.32. The summed E-state index contributed by atoms with van der Waals surface area (Å²) in [5.41, 5.74) is 1.97. The fourth-order valence-electron chi connectivity index (χ4n) is 2.05. The molecule has 0 spiro atoms. The van der Waals surface area contributed by atoms with Gasteiger partial charge >= 0.3 is 0 Å². The molecular weight excluding hydrogens is 395 g/mol.